The van der Waals surface area contributed by atoms with Crippen molar-refractivity contribution >= 4 is 11.8 Å². The molecule has 32 heavy (non-hydrogen) atoms. The lowest BCUT2D eigenvalue weighted by atomic mass is 10.0. The highest BCUT2D eigenvalue weighted by Gasteiger charge is 2.30. The number of ether oxygens (including phenoxy) is 1. The molecule has 1 atom stereocenters. The maximum Gasteiger partial charge on any atom is 0.261 e. The Kier molecular flexibility index (Phi) is 8.63. The van der Waals surface area contributed by atoms with Crippen molar-refractivity contribution in [3.8, 4) is 5.75 Å². The summed E-state index contributed by atoms with van der Waals surface area (Å²) in [4.78, 5) is 28.1. The van der Waals surface area contributed by atoms with Crippen LogP contribution in [0.3, 0.4) is 0 Å². The summed E-state index contributed by atoms with van der Waals surface area (Å²) >= 11 is 0. The summed E-state index contributed by atoms with van der Waals surface area (Å²) in [6, 6.07) is 27.8. The van der Waals surface area contributed by atoms with Gasteiger partial charge in [0.05, 0.1) is 0 Å². The largest absolute Gasteiger partial charge is 0.484 e. The molecule has 0 radical (unpaired) electrons. The molecule has 0 aliphatic rings. The summed E-state index contributed by atoms with van der Waals surface area (Å²) in [6.45, 7) is 4.15. The van der Waals surface area contributed by atoms with E-state index in [1.807, 2.05) is 78.9 Å². The summed E-state index contributed by atoms with van der Waals surface area (Å²) in [5.74, 6) is 0.126. The third kappa shape index (κ3) is 6.84. The van der Waals surface area contributed by atoms with Crippen LogP contribution in [-0.4, -0.2) is 35.9 Å². The molecule has 0 spiro atoms. The van der Waals surface area contributed by atoms with Crippen molar-refractivity contribution < 1.29 is 14.3 Å². The molecule has 2 amide bonds. The maximum absolute atomic E-state index is 13.3. The van der Waals surface area contributed by atoms with Crippen molar-refractivity contribution in [2.45, 2.75) is 19.0 Å². The van der Waals surface area contributed by atoms with Gasteiger partial charge in [0.15, 0.2) is 6.61 Å². The SMILES string of the molecule is C=CCNC(=O)C(Cc1ccccc1)N(Cc1ccccc1)C(=O)COc1ccccc1. The number of hydrogen-bond acceptors (Lipinski definition) is 3. The number of para-hydroxylation sites is 1. The van der Waals surface area contributed by atoms with Gasteiger partial charge >= 0.3 is 0 Å². The van der Waals surface area contributed by atoms with E-state index in [1.54, 1.807) is 23.1 Å². The van der Waals surface area contributed by atoms with Gasteiger partial charge < -0.3 is 15.0 Å². The van der Waals surface area contributed by atoms with Gasteiger partial charge in [-0.3, -0.25) is 9.59 Å². The molecule has 5 nitrogen and oxygen atoms in total. The van der Waals surface area contributed by atoms with Gasteiger partial charge in [-0.25, -0.2) is 0 Å². The van der Waals surface area contributed by atoms with Gasteiger partial charge in [0.2, 0.25) is 5.91 Å². The van der Waals surface area contributed by atoms with Gasteiger partial charge in [-0.1, -0.05) is 84.9 Å². The number of nitrogens with one attached hydrogen (secondary N) is 1. The molecule has 0 saturated heterocycles. The van der Waals surface area contributed by atoms with Crippen molar-refractivity contribution in [2.24, 2.45) is 0 Å². The Morgan fingerprint density at radius 1 is 0.875 bits per heavy atom. The molecular formula is C27H28N2O3. The summed E-state index contributed by atoms with van der Waals surface area (Å²) in [5.41, 5.74) is 1.91. The fraction of sp³-hybridized carbons (Fsp3) is 0.185. The molecule has 0 aliphatic carbocycles. The second kappa shape index (κ2) is 12.1. The fourth-order valence-electron chi connectivity index (χ4n) is 3.37. The van der Waals surface area contributed by atoms with Crippen molar-refractivity contribution in [1.82, 2.24) is 10.2 Å². The van der Waals surface area contributed by atoms with Gasteiger partial charge in [0.1, 0.15) is 11.8 Å². The van der Waals surface area contributed by atoms with Crippen LogP contribution in [0.4, 0.5) is 0 Å². The van der Waals surface area contributed by atoms with Gasteiger partial charge in [-0.15, -0.1) is 6.58 Å². The first-order chi connectivity index (χ1) is 15.7. The van der Waals surface area contributed by atoms with Crippen LogP contribution in [0.25, 0.3) is 0 Å². The minimum atomic E-state index is -0.690. The maximum atomic E-state index is 13.3. The van der Waals surface area contributed by atoms with Gasteiger partial charge in [-0.05, 0) is 23.3 Å². The minimum absolute atomic E-state index is 0.156. The average Bonchev–Trinajstić information content (AvgIpc) is 2.85. The normalized spacial score (nSPS) is 11.2. The minimum Gasteiger partial charge on any atom is -0.484 e. The molecule has 164 valence electrons. The van der Waals surface area contributed by atoms with Crippen LogP contribution >= 0.6 is 0 Å². The second-order valence-electron chi connectivity index (χ2n) is 7.35. The van der Waals surface area contributed by atoms with E-state index < -0.39 is 6.04 Å². The second-order valence-corrected chi connectivity index (χ2v) is 7.35. The summed E-state index contributed by atoms with van der Waals surface area (Å²) in [7, 11) is 0. The zero-order chi connectivity index (χ0) is 22.6. The zero-order valence-electron chi connectivity index (χ0n) is 18.0. The lowest BCUT2D eigenvalue weighted by molar-refractivity contribution is -0.142. The Hall–Kier alpha value is -3.86. The van der Waals surface area contributed by atoms with E-state index >= 15 is 0 Å². The van der Waals surface area contributed by atoms with Crippen molar-refractivity contribution in [2.75, 3.05) is 13.2 Å². The predicted octanol–water partition coefficient (Wildman–Crippen LogP) is 4.01. The molecule has 0 aromatic heterocycles. The number of hydrogen-bond donors (Lipinski definition) is 1. The summed E-state index contributed by atoms with van der Waals surface area (Å²) in [5, 5.41) is 2.86. The standard InChI is InChI=1S/C27H28N2O3/c1-2-18-28-27(31)25(19-22-12-6-3-7-13-22)29(20-23-14-8-4-9-15-23)26(30)21-32-24-16-10-5-11-17-24/h2-17,25H,1,18-21H2,(H,28,31). The molecule has 3 aromatic carbocycles. The Bertz CT molecular complexity index is 991. The molecule has 0 saturated carbocycles. The topological polar surface area (TPSA) is 58.6 Å². The Labute approximate surface area is 189 Å². The van der Waals surface area contributed by atoms with E-state index in [1.165, 1.54) is 0 Å². The van der Waals surface area contributed by atoms with Gasteiger partial charge in [-0.2, -0.15) is 0 Å². The number of carbonyl (C=O) groups is 2. The van der Waals surface area contributed by atoms with Crippen LogP contribution in [0.5, 0.6) is 5.75 Å². The van der Waals surface area contributed by atoms with Crippen LogP contribution in [-0.2, 0) is 22.6 Å². The monoisotopic (exact) mass is 428 g/mol. The first kappa shape index (κ1) is 22.8. The van der Waals surface area contributed by atoms with E-state index in [0.717, 1.165) is 11.1 Å². The Morgan fingerprint density at radius 3 is 2.03 bits per heavy atom. The van der Waals surface area contributed by atoms with E-state index in [9.17, 15) is 9.59 Å². The number of benzene rings is 3. The molecule has 3 aromatic rings. The molecule has 0 heterocycles. The van der Waals surface area contributed by atoms with E-state index in [0.29, 0.717) is 25.3 Å². The highest BCUT2D eigenvalue weighted by molar-refractivity contribution is 5.88. The first-order valence-corrected chi connectivity index (χ1v) is 10.6. The molecule has 0 bridgehead atoms. The summed E-state index contributed by atoms with van der Waals surface area (Å²) < 4.78 is 5.71. The first-order valence-electron chi connectivity index (χ1n) is 10.6. The number of carbonyl (C=O) groups excluding carboxylic acids is 2. The smallest absolute Gasteiger partial charge is 0.261 e. The molecule has 0 fully saturated rings. The lowest BCUT2D eigenvalue weighted by Gasteiger charge is -2.31. The third-order valence-corrected chi connectivity index (χ3v) is 4.99. The lowest BCUT2D eigenvalue weighted by Crippen LogP contribution is -2.51. The van der Waals surface area contributed by atoms with E-state index in [4.69, 9.17) is 4.74 Å². The van der Waals surface area contributed by atoms with Crippen LogP contribution < -0.4 is 10.1 Å². The molecular weight excluding hydrogens is 400 g/mol. The number of rotatable bonds is 11. The van der Waals surface area contributed by atoms with Gasteiger partial charge in [0, 0.05) is 19.5 Å². The van der Waals surface area contributed by atoms with Crippen LogP contribution in [0.1, 0.15) is 11.1 Å². The average molecular weight is 429 g/mol. The van der Waals surface area contributed by atoms with Crippen LogP contribution in [0.15, 0.2) is 104 Å². The number of amides is 2. The van der Waals surface area contributed by atoms with Crippen molar-refractivity contribution in [3.05, 3.63) is 115 Å². The highest BCUT2D eigenvalue weighted by Crippen LogP contribution is 2.16. The molecule has 5 heteroatoms. The quantitative estimate of drug-likeness (QED) is 0.470. The van der Waals surface area contributed by atoms with Gasteiger partial charge in [0.25, 0.3) is 5.91 Å². The van der Waals surface area contributed by atoms with E-state index in [2.05, 4.69) is 11.9 Å². The molecule has 0 aliphatic heterocycles. The third-order valence-electron chi connectivity index (χ3n) is 4.99. The Morgan fingerprint density at radius 2 is 1.44 bits per heavy atom. The zero-order valence-corrected chi connectivity index (χ0v) is 18.0. The van der Waals surface area contributed by atoms with Crippen LogP contribution in [0, 0.1) is 0 Å². The highest BCUT2D eigenvalue weighted by atomic mass is 16.5. The molecule has 1 N–H and O–H groups in total. The molecule has 1 unspecified atom stereocenters. The van der Waals surface area contributed by atoms with Crippen molar-refractivity contribution in [3.63, 3.8) is 0 Å². The van der Waals surface area contributed by atoms with E-state index in [-0.39, 0.29) is 18.4 Å². The fourth-order valence-corrected chi connectivity index (χ4v) is 3.37. The summed E-state index contributed by atoms with van der Waals surface area (Å²) in [6.07, 6.45) is 2.02. The Balaban J connectivity index is 1.86. The predicted molar refractivity (Wildman–Crippen MR) is 126 cm³/mol. The van der Waals surface area contributed by atoms with Crippen molar-refractivity contribution in [1.29, 1.82) is 0 Å². The molecule has 3 rings (SSSR count). The van der Waals surface area contributed by atoms with Crippen LogP contribution in [0.2, 0.25) is 0 Å². The number of nitrogens with zero attached hydrogens (tertiary/aromatic N) is 1.